The summed E-state index contributed by atoms with van der Waals surface area (Å²) in [4.78, 5) is 20.8. The highest BCUT2D eigenvalue weighted by molar-refractivity contribution is 5.85. The topological polar surface area (TPSA) is 62.5 Å². The Bertz CT molecular complexity index is 696. The van der Waals surface area contributed by atoms with Crippen LogP contribution in [0.2, 0.25) is 0 Å². The van der Waals surface area contributed by atoms with Gasteiger partial charge in [-0.3, -0.25) is 4.79 Å². The number of aryl methyl sites for hydroxylation is 2. The fourth-order valence-electron chi connectivity index (χ4n) is 2.86. The zero-order valence-corrected chi connectivity index (χ0v) is 15.6. The second-order valence-electron chi connectivity index (χ2n) is 6.42. The van der Waals surface area contributed by atoms with E-state index >= 15 is 0 Å². The fourth-order valence-corrected chi connectivity index (χ4v) is 2.86. The molecule has 1 amide bonds. The number of hydrogen-bond acceptors (Lipinski definition) is 5. The molecule has 25 heavy (non-hydrogen) atoms. The molecule has 1 aromatic carbocycles. The molecule has 1 aliphatic rings. The number of aromatic nitrogens is 2. The van der Waals surface area contributed by atoms with Crippen molar-refractivity contribution in [1.29, 1.82) is 0 Å². The van der Waals surface area contributed by atoms with Gasteiger partial charge in [0, 0.05) is 44.6 Å². The number of benzene rings is 1. The van der Waals surface area contributed by atoms with Crippen molar-refractivity contribution >= 4 is 18.3 Å². The van der Waals surface area contributed by atoms with Gasteiger partial charge in [0.2, 0.25) is 17.6 Å². The average Bonchev–Trinajstić information content (AvgIpc) is 3.04. The van der Waals surface area contributed by atoms with Crippen LogP contribution in [0.3, 0.4) is 0 Å². The van der Waals surface area contributed by atoms with Gasteiger partial charge >= 0.3 is 0 Å². The third-order valence-electron chi connectivity index (χ3n) is 4.38. The van der Waals surface area contributed by atoms with Gasteiger partial charge in [-0.1, -0.05) is 28.9 Å². The summed E-state index contributed by atoms with van der Waals surface area (Å²) in [5.41, 5.74) is 2.12. The maximum Gasteiger partial charge on any atom is 0.226 e. The molecule has 2 heterocycles. The van der Waals surface area contributed by atoms with Gasteiger partial charge in [-0.2, -0.15) is 4.98 Å². The van der Waals surface area contributed by atoms with E-state index < -0.39 is 0 Å². The molecule has 3 rings (SSSR count). The fraction of sp³-hybridized carbons (Fsp3) is 0.500. The molecular formula is C18H25ClN4O2. The zero-order chi connectivity index (χ0) is 16.9. The number of nitrogens with zero attached hydrogens (tertiary/aromatic N) is 4. The van der Waals surface area contributed by atoms with Crippen molar-refractivity contribution in [2.45, 2.75) is 26.2 Å². The second-order valence-corrected chi connectivity index (χ2v) is 6.42. The number of carbonyl (C=O) groups excluding carboxylic acids is 1. The molecule has 1 saturated heterocycles. The molecule has 0 N–H and O–H groups in total. The Balaban J connectivity index is 0.00000225. The Morgan fingerprint density at radius 3 is 2.72 bits per heavy atom. The van der Waals surface area contributed by atoms with Crippen LogP contribution in [0.15, 0.2) is 28.8 Å². The Morgan fingerprint density at radius 1 is 1.24 bits per heavy atom. The van der Waals surface area contributed by atoms with Crippen LogP contribution in [0.4, 0.5) is 0 Å². The predicted molar refractivity (Wildman–Crippen MR) is 98.7 cm³/mol. The molecule has 0 unspecified atom stereocenters. The van der Waals surface area contributed by atoms with E-state index in [0.717, 1.165) is 43.7 Å². The molecule has 2 aromatic rings. The van der Waals surface area contributed by atoms with Gasteiger partial charge in [0.1, 0.15) is 0 Å². The molecule has 1 aliphatic heterocycles. The highest BCUT2D eigenvalue weighted by Crippen LogP contribution is 2.17. The molecule has 136 valence electrons. The molecule has 1 fully saturated rings. The van der Waals surface area contributed by atoms with E-state index in [9.17, 15) is 4.79 Å². The molecule has 0 atom stereocenters. The van der Waals surface area contributed by atoms with Gasteiger partial charge < -0.3 is 14.3 Å². The lowest BCUT2D eigenvalue weighted by Crippen LogP contribution is -2.47. The first-order valence-corrected chi connectivity index (χ1v) is 8.48. The molecule has 1 aromatic heterocycles. The first-order valence-electron chi connectivity index (χ1n) is 8.48. The summed E-state index contributed by atoms with van der Waals surface area (Å²) >= 11 is 0. The Labute approximate surface area is 154 Å². The van der Waals surface area contributed by atoms with Crippen LogP contribution in [0, 0.1) is 6.92 Å². The third-order valence-corrected chi connectivity index (χ3v) is 4.38. The molecule has 7 heteroatoms. The molecule has 0 saturated carbocycles. The SMILES string of the molecule is Cc1cccc(-c2noc(CCCC(=O)N3CCN(C)CC3)n2)c1.Cl. The van der Waals surface area contributed by atoms with Crippen LogP contribution in [-0.4, -0.2) is 59.1 Å². The van der Waals surface area contributed by atoms with Gasteiger partial charge in [-0.05, 0) is 26.5 Å². The molecular weight excluding hydrogens is 340 g/mol. The van der Waals surface area contributed by atoms with Crippen LogP contribution >= 0.6 is 12.4 Å². The Morgan fingerprint density at radius 2 is 2.00 bits per heavy atom. The van der Waals surface area contributed by atoms with Crippen LogP contribution < -0.4 is 0 Å². The summed E-state index contributed by atoms with van der Waals surface area (Å²) in [6, 6.07) is 8.02. The molecule has 6 nitrogen and oxygen atoms in total. The average molecular weight is 365 g/mol. The smallest absolute Gasteiger partial charge is 0.226 e. The van der Waals surface area contributed by atoms with Crippen molar-refractivity contribution in [3.8, 4) is 11.4 Å². The second kappa shape index (κ2) is 8.97. The number of hydrogen-bond donors (Lipinski definition) is 0. The highest BCUT2D eigenvalue weighted by Gasteiger charge is 2.18. The van der Waals surface area contributed by atoms with Crippen LogP contribution in [-0.2, 0) is 11.2 Å². The largest absolute Gasteiger partial charge is 0.340 e. The lowest BCUT2D eigenvalue weighted by atomic mass is 10.1. The summed E-state index contributed by atoms with van der Waals surface area (Å²) in [5.74, 6) is 1.43. The molecule has 0 bridgehead atoms. The first-order chi connectivity index (χ1) is 11.6. The van der Waals surface area contributed by atoms with Crippen LogP contribution in [0.25, 0.3) is 11.4 Å². The molecule has 0 radical (unpaired) electrons. The van der Waals surface area contributed by atoms with E-state index in [4.69, 9.17) is 4.52 Å². The zero-order valence-electron chi connectivity index (χ0n) is 14.8. The molecule has 0 aliphatic carbocycles. The van der Waals surface area contributed by atoms with Crippen molar-refractivity contribution in [2.75, 3.05) is 33.2 Å². The maximum atomic E-state index is 12.2. The van der Waals surface area contributed by atoms with Crippen molar-refractivity contribution < 1.29 is 9.32 Å². The standard InChI is InChI=1S/C18H24N4O2.ClH/c1-14-5-3-6-15(13-14)18-19-16(24-20-18)7-4-8-17(23)22-11-9-21(2)10-12-22;/h3,5-6,13H,4,7-12H2,1-2H3;1H. The van der Waals surface area contributed by atoms with Crippen molar-refractivity contribution in [3.63, 3.8) is 0 Å². The number of carbonyl (C=O) groups is 1. The highest BCUT2D eigenvalue weighted by atomic mass is 35.5. The molecule has 0 spiro atoms. The minimum absolute atomic E-state index is 0. The van der Waals surface area contributed by atoms with Gasteiger partial charge in [0.15, 0.2) is 0 Å². The van der Waals surface area contributed by atoms with E-state index in [2.05, 4.69) is 22.1 Å². The summed E-state index contributed by atoms with van der Waals surface area (Å²) < 4.78 is 5.31. The van der Waals surface area contributed by atoms with Gasteiger partial charge in [-0.25, -0.2) is 0 Å². The van der Waals surface area contributed by atoms with Gasteiger partial charge in [0.25, 0.3) is 0 Å². The lowest BCUT2D eigenvalue weighted by molar-refractivity contribution is -0.132. The van der Waals surface area contributed by atoms with Crippen molar-refractivity contribution in [2.24, 2.45) is 0 Å². The quantitative estimate of drug-likeness (QED) is 0.815. The third kappa shape index (κ3) is 5.28. The summed E-state index contributed by atoms with van der Waals surface area (Å²) in [7, 11) is 2.09. The van der Waals surface area contributed by atoms with Crippen molar-refractivity contribution in [3.05, 3.63) is 35.7 Å². The number of rotatable bonds is 5. The van der Waals surface area contributed by atoms with Gasteiger partial charge in [0.05, 0.1) is 0 Å². The summed E-state index contributed by atoms with van der Waals surface area (Å²) in [6.07, 6.45) is 1.91. The summed E-state index contributed by atoms with van der Waals surface area (Å²) in [5, 5.41) is 4.04. The number of piperazine rings is 1. The number of likely N-dealkylation sites (N-methyl/N-ethyl adjacent to an activating group) is 1. The minimum atomic E-state index is 0. The van der Waals surface area contributed by atoms with Gasteiger partial charge in [-0.15, -0.1) is 12.4 Å². The Hall–Kier alpha value is -1.92. The predicted octanol–water partition coefficient (Wildman–Crippen LogP) is 2.56. The van der Waals surface area contributed by atoms with E-state index in [-0.39, 0.29) is 18.3 Å². The minimum Gasteiger partial charge on any atom is -0.340 e. The van der Waals surface area contributed by atoms with E-state index in [1.807, 2.05) is 36.1 Å². The van der Waals surface area contributed by atoms with E-state index in [1.54, 1.807) is 0 Å². The van der Waals surface area contributed by atoms with Crippen LogP contribution in [0.1, 0.15) is 24.3 Å². The van der Waals surface area contributed by atoms with Crippen LogP contribution in [0.5, 0.6) is 0 Å². The summed E-state index contributed by atoms with van der Waals surface area (Å²) in [6.45, 7) is 5.60. The number of amides is 1. The van der Waals surface area contributed by atoms with E-state index in [0.29, 0.717) is 24.6 Å². The lowest BCUT2D eigenvalue weighted by Gasteiger charge is -2.32. The van der Waals surface area contributed by atoms with Crippen molar-refractivity contribution in [1.82, 2.24) is 19.9 Å². The maximum absolute atomic E-state index is 12.2. The normalized spacial score (nSPS) is 15.0. The monoisotopic (exact) mass is 364 g/mol. The Kier molecular flexibility index (Phi) is 6.96. The first kappa shape index (κ1) is 19.4. The number of halogens is 1. The van der Waals surface area contributed by atoms with E-state index in [1.165, 1.54) is 0 Å².